The molecule has 1 heterocycles. The quantitative estimate of drug-likeness (QED) is 0.0412. The third-order valence-corrected chi connectivity index (χ3v) is 11.2. The summed E-state index contributed by atoms with van der Waals surface area (Å²) >= 11 is 0. The van der Waals surface area contributed by atoms with Gasteiger partial charge in [-0.3, -0.25) is 0 Å². The van der Waals surface area contributed by atoms with Crippen LogP contribution in [-0.2, 0) is 39.7 Å². The maximum atomic E-state index is 12.3. The second kappa shape index (κ2) is 27.3. The van der Waals surface area contributed by atoms with Crippen LogP contribution in [0.4, 0.5) is 0 Å². The summed E-state index contributed by atoms with van der Waals surface area (Å²) in [6, 6.07) is 31.2. The number of allylic oxidation sites excluding steroid dienone is 2. The summed E-state index contributed by atoms with van der Waals surface area (Å²) < 4.78 is 1.62. The minimum atomic E-state index is 0. The molecule has 0 bridgehead atoms. The van der Waals surface area contributed by atoms with E-state index in [4.69, 9.17) is 0 Å². The number of benzene rings is 4. The van der Waals surface area contributed by atoms with E-state index in [1.165, 1.54) is 113 Å². The first kappa shape index (κ1) is 49.8. The first-order valence-corrected chi connectivity index (χ1v) is 22.2. The van der Waals surface area contributed by atoms with Gasteiger partial charge in [0, 0.05) is 22.3 Å². The third-order valence-electron chi connectivity index (χ3n) is 11.2. The maximum absolute atomic E-state index is 12.3. The number of aryl methyl sites for hydroxylation is 6. The van der Waals surface area contributed by atoms with Gasteiger partial charge in [-0.05, 0) is 143 Å². The van der Waals surface area contributed by atoms with Crippen LogP contribution in [0, 0.1) is 46.8 Å². The Balaban J connectivity index is 0.000000621. The molecule has 3 heteroatoms. The Hall–Kier alpha value is -3.38. The molecule has 0 fully saturated rings. The van der Waals surface area contributed by atoms with Crippen LogP contribution in [0.5, 0.6) is 0 Å². The molecule has 0 saturated carbocycles. The predicted molar refractivity (Wildman–Crippen MR) is 244 cm³/mol. The molecule has 0 atom stereocenters. The van der Waals surface area contributed by atoms with Gasteiger partial charge in [-0.25, -0.2) is 4.70 Å². The Morgan fingerprint density at radius 1 is 0.474 bits per heavy atom. The van der Waals surface area contributed by atoms with Gasteiger partial charge in [-0.15, -0.1) is 0 Å². The number of rotatable bonds is 18. The van der Waals surface area contributed by atoms with Gasteiger partial charge < -0.3 is 5.53 Å². The van der Waals surface area contributed by atoms with Crippen LogP contribution >= 0.6 is 0 Å². The summed E-state index contributed by atoms with van der Waals surface area (Å²) in [5, 5.41) is 0. The summed E-state index contributed by atoms with van der Waals surface area (Å²) in [4.78, 5) is 0. The summed E-state index contributed by atoms with van der Waals surface area (Å²) in [5.41, 5.74) is 30.6. The van der Waals surface area contributed by atoms with Crippen LogP contribution in [0.3, 0.4) is 0 Å². The summed E-state index contributed by atoms with van der Waals surface area (Å²) in [6.07, 6.45) is 18.7. The van der Waals surface area contributed by atoms with E-state index in [0.29, 0.717) is 0 Å². The molecular formula is C54H74N2Pd. The van der Waals surface area contributed by atoms with Gasteiger partial charge in [-0.2, -0.15) is 71.8 Å². The van der Waals surface area contributed by atoms with Crippen molar-refractivity contribution in [2.24, 2.45) is 0 Å². The fourth-order valence-electron chi connectivity index (χ4n) is 7.59. The fraction of sp³-hybridized carbons (Fsp3) is 0.481. The van der Waals surface area contributed by atoms with E-state index in [0.717, 1.165) is 61.9 Å². The molecule has 0 saturated heterocycles. The van der Waals surface area contributed by atoms with Gasteiger partial charge in [0.05, 0.1) is 0 Å². The monoisotopic (exact) mass is 856 g/mol. The number of hydrogen-bond donors (Lipinski definition) is 0. The molecule has 57 heavy (non-hydrogen) atoms. The second-order valence-electron chi connectivity index (χ2n) is 16.0. The minimum absolute atomic E-state index is 0. The van der Waals surface area contributed by atoms with Gasteiger partial charge in [0.25, 0.3) is 0 Å². The molecular weight excluding hydrogens is 783 g/mol. The zero-order chi connectivity index (χ0) is 40.9. The van der Waals surface area contributed by atoms with Gasteiger partial charge in [-0.1, -0.05) is 87.0 Å². The van der Waals surface area contributed by atoms with Crippen molar-refractivity contribution in [3.63, 3.8) is 0 Å². The number of nitrogens with zero attached hydrogens (tertiary/aromatic N) is 2. The Bertz CT molecular complexity index is 1760. The molecule has 0 aromatic heterocycles. The SMILES string of the molecule is CCCCCC1=C(c2cc(C)c(C)c(C)c2)[N+](=[N-])C(c2cc(CCCC)c(CCCC)c(CCCC)c2)=C1CCCC.Cc1cc[c-]cc1.Cc1cc[c-]cc1.[Pd+2]. The fourth-order valence-corrected chi connectivity index (χ4v) is 7.59. The van der Waals surface area contributed by atoms with Crippen LogP contribution in [0.1, 0.15) is 174 Å². The molecule has 0 radical (unpaired) electrons. The first-order chi connectivity index (χ1) is 27.1. The molecule has 2 nitrogen and oxygen atoms in total. The Labute approximate surface area is 363 Å². The largest absolute Gasteiger partial charge is 2.00 e. The van der Waals surface area contributed by atoms with Crippen molar-refractivity contribution >= 4 is 11.4 Å². The third kappa shape index (κ3) is 15.4. The van der Waals surface area contributed by atoms with Crippen LogP contribution in [0.25, 0.3) is 16.9 Å². The molecule has 4 aromatic carbocycles. The van der Waals surface area contributed by atoms with Crippen molar-refractivity contribution in [1.82, 2.24) is 0 Å². The smallest absolute Gasteiger partial charge is 0.493 e. The molecule has 0 amide bonds. The van der Waals surface area contributed by atoms with Crippen LogP contribution < -0.4 is 0 Å². The van der Waals surface area contributed by atoms with E-state index in [-0.39, 0.29) is 20.4 Å². The van der Waals surface area contributed by atoms with E-state index in [1.807, 2.05) is 48.5 Å². The zero-order valence-corrected chi connectivity index (χ0v) is 39.0. The molecule has 0 spiro atoms. The second-order valence-corrected chi connectivity index (χ2v) is 16.0. The summed E-state index contributed by atoms with van der Waals surface area (Å²) in [7, 11) is 0. The minimum Gasteiger partial charge on any atom is -0.493 e. The molecule has 0 unspecified atom stereocenters. The Kier molecular flexibility index (Phi) is 23.9. The van der Waals surface area contributed by atoms with Crippen molar-refractivity contribution in [3.05, 3.63) is 157 Å². The van der Waals surface area contributed by atoms with Gasteiger partial charge in [0.1, 0.15) is 0 Å². The van der Waals surface area contributed by atoms with E-state index < -0.39 is 0 Å². The zero-order valence-electron chi connectivity index (χ0n) is 37.5. The molecule has 0 N–H and O–H groups in total. The van der Waals surface area contributed by atoms with E-state index in [2.05, 4.69) is 106 Å². The molecule has 1 aliphatic rings. The van der Waals surface area contributed by atoms with E-state index >= 15 is 0 Å². The average molecular weight is 858 g/mol. The van der Waals surface area contributed by atoms with Crippen molar-refractivity contribution in [3.8, 4) is 0 Å². The normalized spacial score (nSPS) is 12.2. The van der Waals surface area contributed by atoms with Gasteiger partial charge >= 0.3 is 20.4 Å². The van der Waals surface area contributed by atoms with Crippen molar-refractivity contribution in [2.75, 3.05) is 0 Å². The van der Waals surface area contributed by atoms with Crippen molar-refractivity contribution < 1.29 is 25.1 Å². The van der Waals surface area contributed by atoms with Crippen molar-refractivity contribution in [2.45, 2.75) is 172 Å². The average Bonchev–Trinajstić information content (AvgIpc) is 3.47. The van der Waals surface area contributed by atoms with Crippen molar-refractivity contribution in [1.29, 1.82) is 0 Å². The maximum Gasteiger partial charge on any atom is 2.00 e. The summed E-state index contributed by atoms with van der Waals surface area (Å²) in [6.45, 7) is 22.2. The molecule has 5 rings (SSSR count). The van der Waals surface area contributed by atoms with Crippen LogP contribution in [0.2, 0.25) is 0 Å². The molecule has 310 valence electrons. The van der Waals surface area contributed by atoms with Crippen LogP contribution in [0.15, 0.2) is 83.9 Å². The molecule has 0 aliphatic carbocycles. The first-order valence-electron chi connectivity index (χ1n) is 22.2. The number of hydrogen-bond acceptors (Lipinski definition) is 0. The van der Waals surface area contributed by atoms with E-state index in [9.17, 15) is 5.53 Å². The summed E-state index contributed by atoms with van der Waals surface area (Å²) in [5.74, 6) is 0. The predicted octanol–water partition coefficient (Wildman–Crippen LogP) is 16.2. The van der Waals surface area contributed by atoms with Gasteiger partial charge in [0.15, 0.2) is 0 Å². The topological polar surface area (TPSA) is 25.3 Å². The molecule has 1 aliphatic heterocycles. The van der Waals surface area contributed by atoms with Gasteiger partial charge in [0.2, 0.25) is 11.4 Å². The molecule has 4 aromatic rings. The Morgan fingerprint density at radius 2 is 0.842 bits per heavy atom. The van der Waals surface area contributed by atoms with E-state index in [1.54, 1.807) is 10.3 Å². The van der Waals surface area contributed by atoms with Crippen LogP contribution in [-0.4, -0.2) is 4.70 Å². The number of unbranched alkanes of at least 4 members (excludes halogenated alkanes) is 6. The standard InChI is InChI=1S/C40H60N2.2C7H7.Pd/c1-9-14-19-24-38-37(23-18-13-5)40(42(41)39(38)34-25-29(6)31(8)30(7)26-34)35-27-32(20-15-10-2)36(22-17-12-4)33(28-35)21-16-11-3;2*1-7-5-3-2-4-6-7;/h25-28H,9-24H2,1-8H3;2*3-6H,1H3;/q;2*-1;+2. The Morgan fingerprint density at radius 3 is 1.23 bits per heavy atom.